The quantitative estimate of drug-likeness (QED) is 0.651. The molecule has 1 aromatic heterocycles. The first-order valence-corrected chi connectivity index (χ1v) is 5.37. The van der Waals surface area contributed by atoms with Crippen LogP contribution >= 0.6 is 0 Å². The molecule has 8 nitrogen and oxygen atoms in total. The lowest BCUT2D eigenvalue weighted by atomic mass is 10.2. The number of nitro groups is 1. The highest BCUT2D eigenvalue weighted by Crippen LogP contribution is 2.22. The Bertz CT molecular complexity index is 657. The predicted octanol–water partition coefficient (Wildman–Crippen LogP) is 1.21. The van der Waals surface area contributed by atoms with Crippen LogP contribution in [0.15, 0.2) is 24.5 Å². The fraction of sp³-hybridized carbons (Fsp3) is 0.182. The first-order chi connectivity index (χ1) is 9.10. The Labute approximate surface area is 108 Å². The van der Waals surface area contributed by atoms with E-state index in [1.54, 1.807) is 30.2 Å². The van der Waals surface area contributed by atoms with Crippen LogP contribution < -0.4 is 5.32 Å². The highest BCUT2D eigenvalue weighted by molar-refractivity contribution is 5.59. The summed E-state index contributed by atoms with van der Waals surface area (Å²) in [6.07, 6.45) is 1.57. The molecule has 0 saturated carbocycles. The predicted molar refractivity (Wildman–Crippen MR) is 66.1 cm³/mol. The number of aromatic nitrogens is 3. The summed E-state index contributed by atoms with van der Waals surface area (Å²) in [7, 11) is 1.75. The second-order valence-corrected chi connectivity index (χ2v) is 3.79. The van der Waals surface area contributed by atoms with Gasteiger partial charge in [-0.05, 0) is 12.1 Å². The Hall–Kier alpha value is -2.95. The molecule has 0 aliphatic carbocycles. The lowest BCUT2D eigenvalue weighted by Crippen LogP contribution is -2.03. The highest BCUT2D eigenvalue weighted by Gasteiger charge is 2.14. The molecule has 0 amide bonds. The van der Waals surface area contributed by atoms with Gasteiger partial charge in [0.15, 0.2) is 5.82 Å². The number of nitrogens with zero attached hydrogens (tertiary/aromatic N) is 5. The zero-order chi connectivity index (χ0) is 13.8. The first kappa shape index (κ1) is 12.5. The van der Waals surface area contributed by atoms with Crippen molar-refractivity contribution in [3.8, 4) is 6.07 Å². The molecular weight excluding hydrogens is 248 g/mol. The van der Waals surface area contributed by atoms with Crippen LogP contribution in [0.25, 0.3) is 0 Å². The molecule has 0 unspecified atom stereocenters. The van der Waals surface area contributed by atoms with Crippen LogP contribution in [0, 0.1) is 21.4 Å². The maximum absolute atomic E-state index is 10.8. The van der Waals surface area contributed by atoms with E-state index in [1.807, 2.05) is 0 Å². The zero-order valence-corrected chi connectivity index (χ0v) is 10.1. The number of hydrogen-bond acceptors (Lipinski definition) is 6. The third-order valence-corrected chi connectivity index (χ3v) is 2.41. The van der Waals surface area contributed by atoms with Gasteiger partial charge in [0.2, 0.25) is 0 Å². The fourth-order valence-corrected chi connectivity index (χ4v) is 1.53. The number of nitro benzene ring substituents is 1. The normalized spacial score (nSPS) is 9.89. The Kier molecular flexibility index (Phi) is 3.38. The van der Waals surface area contributed by atoms with E-state index in [1.165, 1.54) is 12.1 Å². The van der Waals surface area contributed by atoms with Crippen LogP contribution in [-0.2, 0) is 13.6 Å². The van der Waals surface area contributed by atoms with Gasteiger partial charge in [-0.25, -0.2) is 4.98 Å². The molecule has 0 aliphatic heterocycles. The lowest BCUT2D eigenvalue weighted by molar-refractivity contribution is -0.385. The molecule has 1 heterocycles. The Morgan fingerprint density at radius 1 is 1.58 bits per heavy atom. The molecule has 0 fully saturated rings. The van der Waals surface area contributed by atoms with Crippen molar-refractivity contribution >= 4 is 11.4 Å². The zero-order valence-electron chi connectivity index (χ0n) is 10.1. The largest absolute Gasteiger partial charge is 0.377 e. The van der Waals surface area contributed by atoms with E-state index in [2.05, 4.69) is 15.4 Å². The number of benzene rings is 1. The summed E-state index contributed by atoms with van der Waals surface area (Å²) in [5.41, 5.74) is 0.353. The average Bonchev–Trinajstić information content (AvgIpc) is 2.81. The minimum atomic E-state index is -0.581. The molecule has 0 spiro atoms. The molecule has 2 rings (SSSR count). The van der Waals surface area contributed by atoms with Crippen LogP contribution in [-0.4, -0.2) is 19.7 Å². The van der Waals surface area contributed by atoms with E-state index in [-0.39, 0.29) is 11.3 Å². The number of hydrogen-bond donors (Lipinski definition) is 1. The van der Waals surface area contributed by atoms with Crippen molar-refractivity contribution in [1.29, 1.82) is 5.26 Å². The molecule has 0 atom stereocenters. The van der Waals surface area contributed by atoms with Crippen molar-refractivity contribution in [2.75, 3.05) is 5.32 Å². The molecule has 1 N–H and O–H groups in total. The lowest BCUT2D eigenvalue weighted by Gasteiger charge is -2.04. The van der Waals surface area contributed by atoms with Gasteiger partial charge in [0, 0.05) is 18.8 Å². The van der Waals surface area contributed by atoms with E-state index < -0.39 is 4.92 Å². The third-order valence-electron chi connectivity index (χ3n) is 2.41. The number of anilines is 1. The standard InChI is InChI=1S/C11H10N6O2/c1-16-7-14-11(15-16)6-13-9-3-2-8(5-12)10(4-9)17(18)19/h2-4,7,13H,6H2,1H3. The monoisotopic (exact) mass is 258 g/mol. The van der Waals surface area contributed by atoms with Crippen LogP contribution in [0.2, 0.25) is 0 Å². The van der Waals surface area contributed by atoms with Gasteiger partial charge in [-0.15, -0.1) is 0 Å². The molecule has 1 aromatic carbocycles. The summed E-state index contributed by atoms with van der Waals surface area (Å²) in [6, 6.07) is 6.12. The van der Waals surface area contributed by atoms with Gasteiger partial charge in [-0.2, -0.15) is 10.4 Å². The van der Waals surface area contributed by atoms with Crippen LogP contribution in [0.3, 0.4) is 0 Å². The van der Waals surface area contributed by atoms with Crippen molar-refractivity contribution < 1.29 is 4.92 Å². The van der Waals surface area contributed by atoms with Gasteiger partial charge >= 0.3 is 0 Å². The minimum absolute atomic E-state index is 0.0338. The first-order valence-electron chi connectivity index (χ1n) is 5.37. The van der Waals surface area contributed by atoms with Gasteiger partial charge in [0.1, 0.15) is 18.0 Å². The summed E-state index contributed by atoms with van der Waals surface area (Å²) in [5.74, 6) is 0.578. The molecule has 0 aliphatic rings. The molecule has 8 heteroatoms. The van der Waals surface area contributed by atoms with Crippen molar-refractivity contribution in [3.63, 3.8) is 0 Å². The highest BCUT2D eigenvalue weighted by atomic mass is 16.6. The van der Waals surface area contributed by atoms with Gasteiger partial charge in [0.25, 0.3) is 5.69 Å². The molecular formula is C11H10N6O2. The van der Waals surface area contributed by atoms with Crippen LogP contribution in [0.5, 0.6) is 0 Å². The van der Waals surface area contributed by atoms with Crippen molar-refractivity contribution in [2.24, 2.45) is 7.05 Å². The number of aryl methyl sites for hydroxylation is 1. The van der Waals surface area contributed by atoms with E-state index in [4.69, 9.17) is 5.26 Å². The Morgan fingerprint density at radius 3 is 2.95 bits per heavy atom. The number of nitriles is 1. The molecule has 19 heavy (non-hydrogen) atoms. The summed E-state index contributed by atoms with van der Waals surface area (Å²) in [5, 5.41) is 26.6. The van der Waals surface area contributed by atoms with E-state index in [9.17, 15) is 10.1 Å². The van der Waals surface area contributed by atoms with Crippen molar-refractivity contribution in [3.05, 3.63) is 46.0 Å². The van der Waals surface area contributed by atoms with Gasteiger partial charge < -0.3 is 5.32 Å². The van der Waals surface area contributed by atoms with E-state index in [0.29, 0.717) is 18.1 Å². The van der Waals surface area contributed by atoms with Crippen molar-refractivity contribution in [2.45, 2.75) is 6.54 Å². The second kappa shape index (κ2) is 5.14. The average molecular weight is 258 g/mol. The van der Waals surface area contributed by atoms with Crippen LogP contribution in [0.4, 0.5) is 11.4 Å². The summed E-state index contributed by atoms with van der Waals surface area (Å²) < 4.78 is 1.57. The maximum Gasteiger partial charge on any atom is 0.289 e. The Balaban J connectivity index is 2.15. The van der Waals surface area contributed by atoms with Crippen molar-refractivity contribution in [1.82, 2.24) is 14.8 Å². The fourth-order valence-electron chi connectivity index (χ4n) is 1.53. The molecule has 96 valence electrons. The SMILES string of the molecule is Cn1cnc(CNc2ccc(C#N)c([N+](=O)[O-])c2)n1. The topological polar surface area (TPSA) is 110 Å². The van der Waals surface area contributed by atoms with Crippen LogP contribution in [0.1, 0.15) is 11.4 Å². The van der Waals surface area contributed by atoms with Gasteiger partial charge in [-0.3, -0.25) is 14.8 Å². The molecule has 0 bridgehead atoms. The van der Waals surface area contributed by atoms with Gasteiger partial charge in [0.05, 0.1) is 11.5 Å². The summed E-state index contributed by atoms with van der Waals surface area (Å²) in [6.45, 7) is 0.351. The van der Waals surface area contributed by atoms with E-state index in [0.717, 1.165) is 0 Å². The Morgan fingerprint density at radius 2 is 2.37 bits per heavy atom. The number of rotatable bonds is 4. The maximum atomic E-state index is 10.8. The smallest absolute Gasteiger partial charge is 0.289 e. The minimum Gasteiger partial charge on any atom is -0.377 e. The second-order valence-electron chi connectivity index (χ2n) is 3.79. The molecule has 0 saturated heterocycles. The summed E-state index contributed by atoms with van der Waals surface area (Å²) >= 11 is 0. The van der Waals surface area contributed by atoms with Gasteiger partial charge in [-0.1, -0.05) is 0 Å². The summed E-state index contributed by atoms with van der Waals surface area (Å²) in [4.78, 5) is 14.3. The van der Waals surface area contributed by atoms with E-state index >= 15 is 0 Å². The molecule has 2 aromatic rings. The third kappa shape index (κ3) is 2.84. The number of nitrogens with one attached hydrogen (secondary N) is 1. The molecule has 0 radical (unpaired) electrons.